The number of benzene rings is 1. The molecule has 0 unspecified atom stereocenters. The third-order valence-electron chi connectivity index (χ3n) is 2.68. The van der Waals surface area contributed by atoms with Gasteiger partial charge in [-0.2, -0.15) is 11.8 Å². The Bertz CT molecular complexity index is 471. The van der Waals surface area contributed by atoms with Crippen LogP contribution in [0.4, 0.5) is 5.69 Å². The largest absolute Gasteiger partial charge is 0.383 e. The van der Waals surface area contributed by atoms with Crippen LogP contribution in [0.1, 0.15) is 13.3 Å². The molecule has 1 aromatic heterocycles. The summed E-state index contributed by atoms with van der Waals surface area (Å²) in [6, 6.07) is 10.0. The van der Waals surface area contributed by atoms with E-state index in [1.54, 1.807) is 0 Å². The first-order valence-corrected chi connectivity index (χ1v) is 7.74. The molecule has 0 aliphatic rings. The van der Waals surface area contributed by atoms with Crippen molar-refractivity contribution in [1.29, 1.82) is 0 Å². The minimum Gasteiger partial charge on any atom is -0.383 e. The van der Waals surface area contributed by atoms with E-state index in [1.165, 1.54) is 17.9 Å². The summed E-state index contributed by atoms with van der Waals surface area (Å²) in [6.45, 7) is 3.16. The van der Waals surface area contributed by atoms with Gasteiger partial charge in [-0.05, 0) is 17.9 Å². The van der Waals surface area contributed by atoms with Gasteiger partial charge in [-0.15, -0.1) is 0 Å². The van der Waals surface area contributed by atoms with E-state index in [9.17, 15) is 0 Å². The molecule has 19 heavy (non-hydrogen) atoms. The van der Waals surface area contributed by atoms with Crippen LogP contribution in [0.3, 0.4) is 0 Å². The molecule has 100 valence electrons. The molecule has 0 radical (unpaired) electrons. The van der Waals surface area contributed by atoms with Crippen LogP contribution in [0.25, 0.3) is 11.4 Å². The molecule has 1 aromatic carbocycles. The normalized spacial score (nSPS) is 10.4. The first kappa shape index (κ1) is 13.9. The van der Waals surface area contributed by atoms with Crippen molar-refractivity contribution in [1.82, 2.24) is 9.97 Å². The van der Waals surface area contributed by atoms with Gasteiger partial charge in [0.2, 0.25) is 0 Å². The van der Waals surface area contributed by atoms with Crippen molar-refractivity contribution in [3.05, 3.63) is 42.7 Å². The lowest BCUT2D eigenvalue weighted by atomic mass is 10.2. The number of anilines is 1. The lowest BCUT2D eigenvalue weighted by Gasteiger charge is -2.06. The Kier molecular flexibility index (Phi) is 5.69. The molecular weight excluding hydrogens is 254 g/mol. The first-order valence-electron chi connectivity index (χ1n) is 6.59. The zero-order valence-electron chi connectivity index (χ0n) is 11.2. The average Bonchev–Trinajstić information content (AvgIpc) is 2.49. The van der Waals surface area contributed by atoms with Gasteiger partial charge in [0.15, 0.2) is 5.82 Å². The zero-order valence-corrected chi connectivity index (χ0v) is 12.0. The minimum atomic E-state index is 0.771. The second-order valence-corrected chi connectivity index (χ2v) is 5.53. The molecule has 0 aliphatic heterocycles. The van der Waals surface area contributed by atoms with E-state index in [0.29, 0.717) is 0 Å². The SMILES string of the molecule is CCSCCCNc1cnc(-c2ccccc2)nc1. The van der Waals surface area contributed by atoms with Crippen LogP contribution in [0.5, 0.6) is 0 Å². The lowest BCUT2D eigenvalue weighted by molar-refractivity contribution is 0.985. The Hall–Kier alpha value is -1.55. The summed E-state index contributed by atoms with van der Waals surface area (Å²) in [7, 11) is 0. The fourth-order valence-corrected chi connectivity index (χ4v) is 2.34. The molecule has 3 nitrogen and oxygen atoms in total. The van der Waals surface area contributed by atoms with E-state index in [-0.39, 0.29) is 0 Å². The Balaban J connectivity index is 1.85. The Morgan fingerprint density at radius 1 is 1.11 bits per heavy atom. The molecule has 0 amide bonds. The molecule has 0 aliphatic carbocycles. The number of aromatic nitrogens is 2. The highest BCUT2D eigenvalue weighted by molar-refractivity contribution is 7.99. The molecule has 2 aromatic rings. The van der Waals surface area contributed by atoms with Gasteiger partial charge in [-0.1, -0.05) is 37.3 Å². The third kappa shape index (κ3) is 4.56. The fourth-order valence-electron chi connectivity index (χ4n) is 1.71. The fraction of sp³-hybridized carbons (Fsp3) is 0.333. The van der Waals surface area contributed by atoms with E-state index in [1.807, 2.05) is 54.5 Å². The monoisotopic (exact) mass is 273 g/mol. The van der Waals surface area contributed by atoms with Gasteiger partial charge in [0, 0.05) is 12.1 Å². The third-order valence-corrected chi connectivity index (χ3v) is 3.67. The molecular formula is C15H19N3S. The van der Waals surface area contributed by atoms with Crippen LogP contribution in [0.2, 0.25) is 0 Å². The predicted molar refractivity (Wildman–Crippen MR) is 83.6 cm³/mol. The van der Waals surface area contributed by atoms with Crippen molar-refractivity contribution < 1.29 is 0 Å². The van der Waals surface area contributed by atoms with Crippen LogP contribution < -0.4 is 5.32 Å². The highest BCUT2D eigenvalue weighted by Gasteiger charge is 2.00. The summed E-state index contributed by atoms with van der Waals surface area (Å²) < 4.78 is 0. The standard InChI is InChI=1S/C15H19N3S/c1-2-19-10-6-9-16-14-11-17-15(18-12-14)13-7-4-3-5-8-13/h3-5,7-8,11-12,16H,2,6,9-10H2,1H3. The summed E-state index contributed by atoms with van der Waals surface area (Å²) >= 11 is 1.97. The molecule has 0 spiro atoms. The van der Waals surface area contributed by atoms with E-state index >= 15 is 0 Å². The highest BCUT2D eigenvalue weighted by atomic mass is 32.2. The van der Waals surface area contributed by atoms with Gasteiger partial charge in [0.05, 0.1) is 18.1 Å². The van der Waals surface area contributed by atoms with Gasteiger partial charge in [0.1, 0.15) is 0 Å². The second-order valence-electron chi connectivity index (χ2n) is 4.14. The number of hydrogen-bond donors (Lipinski definition) is 1. The Morgan fingerprint density at radius 3 is 2.53 bits per heavy atom. The summed E-state index contributed by atoms with van der Waals surface area (Å²) in [4.78, 5) is 8.77. The van der Waals surface area contributed by atoms with Gasteiger partial charge < -0.3 is 5.32 Å². The number of nitrogens with one attached hydrogen (secondary N) is 1. The van der Waals surface area contributed by atoms with Crippen LogP contribution in [-0.2, 0) is 0 Å². The van der Waals surface area contributed by atoms with Crippen molar-refractivity contribution in [3.8, 4) is 11.4 Å². The lowest BCUT2D eigenvalue weighted by Crippen LogP contribution is -2.03. The molecule has 1 N–H and O–H groups in total. The maximum atomic E-state index is 4.39. The number of nitrogens with zero attached hydrogens (tertiary/aromatic N) is 2. The summed E-state index contributed by atoms with van der Waals surface area (Å²) in [5.41, 5.74) is 2.04. The molecule has 0 saturated carbocycles. The van der Waals surface area contributed by atoms with Gasteiger partial charge >= 0.3 is 0 Å². The van der Waals surface area contributed by atoms with E-state index in [4.69, 9.17) is 0 Å². The second kappa shape index (κ2) is 7.79. The summed E-state index contributed by atoms with van der Waals surface area (Å²) in [6.07, 6.45) is 4.86. The summed E-state index contributed by atoms with van der Waals surface area (Å²) in [5, 5.41) is 3.34. The quantitative estimate of drug-likeness (QED) is 0.781. The van der Waals surface area contributed by atoms with E-state index in [0.717, 1.165) is 23.6 Å². The zero-order chi connectivity index (χ0) is 13.3. The topological polar surface area (TPSA) is 37.8 Å². The van der Waals surface area contributed by atoms with Crippen LogP contribution >= 0.6 is 11.8 Å². The van der Waals surface area contributed by atoms with E-state index < -0.39 is 0 Å². The predicted octanol–water partition coefficient (Wildman–Crippen LogP) is 3.70. The van der Waals surface area contributed by atoms with Gasteiger partial charge in [-0.25, -0.2) is 9.97 Å². The maximum Gasteiger partial charge on any atom is 0.159 e. The van der Waals surface area contributed by atoms with Crippen molar-refractivity contribution in [2.45, 2.75) is 13.3 Å². The summed E-state index contributed by atoms with van der Waals surface area (Å²) in [5.74, 6) is 3.16. The molecule has 4 heteroatoms. The number of hydrogen-bond acceptors (Lipinski definition) is 4. The first-order chi connectivity index (χ1) is 9.40. The van der Waals surface area contributed by atoms with Crippen molar-refractivity contribution in [2.75, 3.05) is 23.4 Å². The van der Waals surface area contributed by atoms with Crippen LogP contribution in [0, 0.1) is 0 Å². The number of thioether (sulfide) groups is 1. The molecule has 2 rings (SSSR count). The Labute approximate surface area is 118 Å². The van der Waals surface area contributed by atoms with Crippen molar-refractivity contribution in [2.24, 2.45) is 0 Å². The minimum absolute atomic E-state index is 0.771. The van der Waals surface area contributed by atoms with Crippen molar-refractivity contribution in [3.63, 3.8) is 0 Å². The molecule has 0 fully saturated rings. The maximum absolute atomic E-state index is 4.39. The molecule has 1 heterocycles. The van der Waals surface area contributed by atoms with E-state index in [2.05, 4.69) is 22.2 Å². The van der Waals surface area contributed by atoms with Crippen LogP contribution in [-0.4, -0.2) is 28.0 Å². The number of rotatable bonds is 7. The van der Waals surface area contributed by atoms with Crippen LogP contribution in [0.15, 0.2) is 42.7 Å². The van der Waals surface area contributed by atoms with Crippen molar-refractivity contribution >= 4 is 17.4 Å². The smallest absolute Gasteiger partial charge is 0.159 e. The highest BCUT2D eigenvalue weighted by Crippen LogP contribution is 2.14. The molecule has 0 bridgehead atoms. The van der Waals surface area contributed by atoms with Gasteiger partial charge in [0.25, 0.3) is 0 Å². The Morgan fingerprint density at radius 2 is 1.84 bits per heavy atom. The molecule has 0 saturated heterocycles. The van der Waals surface area contributed by atoms with Gasteiger partial charge in [-0.3, -0.25) is 0 Å². The molecule has 0 atom stereocenters. The average molecular weight is 273 g/mol.